The van der Waals surface area contributed by atoms with Crippen LogP contribution in [0.4, 0.5) is 24.7 Å². The zero-order valence-electron chi connectivity index (χ0n) is 19.6. The highest BCUT2D eigenvalue weighted by Crippen LogP contribution is 2.29. The topological polar surface area (TPSA) is 83.3 Å². The maximum absolute atomic E-state index is 12.7. The average Bonchev–Trinajstić information content (AvgIpc) is 3.27. The summed E-state index contributed by atoms with van der Waals surface area (Å²) < 4.78 is 39.8. The van der Waals surface area contributed by atoms with Gasteiger partial charge in [-0.2, -0.15) is 13.2 Å². The molecular formula is C25H29F3N6O. The molecule has 0 bridgehead atoms. The molecule has 1 aromatic carbocycles. The van der Waals surface area contributed by atoms with Gasteiger partial charge in [-0.15, -0.1) is 5.10 Å². The van der Waals surface area contributed by atoms with Crippen LogP contribution in [0, 0.1) is 6.92 Å². The third-order valence-corrected chi connectivity index (χ3v) is 6.54. The van der Waals surface area contributed by atoms with Gasteiger partial charge >= 0.3 is 6.18 Å². The summed E-state index contributed by atoms with van der Waals surface area (Å²) in [7, 11) is 0. The summed E-state index contributed by atoms with van der Waals surface area (Å²) in [6.07, 6.45) is 3.03. The zero-order chi connectivity index (χ0) is 24.6. The van der Waals surface area contributed by atoms with E-state index in [9.17, 15) is 18.0 Å². The van der Waals surface area contributed by atoms with Gasteiger partial charge in [-0.25, -0.2) is 9.50 Å². The van der Waals surface area contributed by atoms with E-state index in [2.05, 4.69) is 26.0 Å². The fourth-order valence-corrected chi connectivity index (χ4v) is 4.50. The number of imidazole rings is 1. The minimum atomic E-state index is -4.24. The SMILES string of the molecule is Cc1cc(-c2cn3nc(NC4CCCC4)cc(NCCC(F)(F)F)c3n2)ccc1C(=O)NC1CC1. The van der Waals surface area contributed by atoms with Gasteiger partial charge in [-0.1, -0.05) is 18.9 Å². The number of halogens is 3. The number of nitrogens with zero attached hydrogens (tertiary/aromatic N) is 3. The number of fused-ring (bicyclic) bond motifs is 1. The maximum atomic E-state index is 12.7. The molecule has 3 aromatic rings. The second-order valence-electron chi connectivity index (χ2n) is 9.53. The predicted octanol–water partition coefficient (Wildman–Crippen LogP) is 5.32. The molecule has 2 aromatic heterocycles. The minimum absolute atomic E-state index is 0.0769. The molecule has 2 aliphatic carbocycles. The molecule has 0 spiro atoms. The fraction of sp³-hybridized carbons (Fsp3) is 0.480. The van der Waals surface area contributed by atoms with E-state index < -0.39 is 12.6 Å². The minimum Gasteiger partial charge on any atom is -0.382 e. The number of hydrogen-bond acceptors (Lipinski definition) is 5. The van der Waals surface area contributed by atoms with Crippen molar-refractivity contribution in [1.29, 1.82) is 0 Å². The van der Waals surface area contributed by atoms with E-state index in [1.165, 1.54) is 0 Å². The first-order valence-corrected chi connectivity index (χ1v) is 12.1. The highest BCUT2D eigenvalue weighted by atomic mass is 19.4. The summed E-state index contributed by atoms with van der Waals surface area (Å²) >= 11 is 0. The standard InChI is InChI=1S/C25H29F3N6O/c1-15-12-16(6-9-19(15)24(35)31-18-7-8-18)21-14-34-23(32-21)20(29-11-10-25(26,27)28)13-22(33-34)30-17-4-2-3-5-17/h6,9,12-14,17-18,29H,2-5,7-8,10-11H2,1H3,(H,30,33)(H,31,35). The number of anilines is 2. The molecule has 0 aliphatic heterocycles. The molecular weight excluding hydrogens is 457 g/mol. The van der Waals surface area contributed by atoms with Crippen molar-refractivity contribution >= 4 is 23.1 Å². The van der Waals surface area contributed by atoms with Crippen molar-refractivity contribution in [2.45, 2.75) is 70.1 Å². The Bertz CT molecular complexity index is 1230. The van der Waals surface area contributed by atoms with Crippen LogP contribution in [0.1, 0.15) is 60.9 Å². The molecule has 1 amide bonds. The first-order valence-electron chi connectivity index (χ1n) is 12.1. The Hall–Kier alpha value is -3.30. The summed E-state index contributed by atoms with van der Waals surface area (Å²) in [5, 5.41) is 13.9. The van der Waals surface area contributed by atoms with Crippen LogP contribution in [-0.2, 0) is 0 Å². The lowest BCUT2D eigenvalue weighted by molar-refractivity contribution is -0.131. The number of benzene rings is 1. The van der Waals surface area contributed by atoms with Crippen LogP contribution in [0.25, 0.3) is 16.9 Å². The quantitative estimate of drug-likeness (QED) is 0.402. The molecule has 2 aliphatic rings. The predicted molar refractivity (Wildman–Crippen MR) is 129 cm³/mol. The third kappa shape index (κ3) is 5.68. The zero-order valence-corrected chi connectivity index (χ0v) is 19.6. The van der Waals surface area contributed by atoms with Crippen LogP contribution >= 0.6 is 0 Å². The number of hydrogen-bond donors (Lipinski definition) is 3. The van der Waals surface area contributed by atoms with Gasteiger partial charge < -0.3 is 16.0 Å². The van der Waals surface area contributed by atoms with E-state index in [0.717, 1.165) is 49.7 Å². The average molecular weight is 487 g/mol. The van der Waals surface area contributed by atoms with Gasteiger partial charge in [0.1, 0.15) is 5.82 Å². The first-order chi connectivity index (χ1) is 16.7. The van der Waals surface area contributed by atoms with E-state index in [-0.39, 0.29) is 18.5 Å². The normalized spacial score (nSPS) is 16.6. The molecule has 2 saturated carbocycles. The van der Waals surface area contributed by atoms with E-state index in [1.54, 1.807) is 22.8 Å². The van der Waals surface area contributed by atoms with Crippen LogP contribution in [0.15, 0.2) is 30.5 Å². The van der Waals surface area contributed by atoms with Crippen LogP contribution in [-0.4, -0.2) is 45.3 Å². The third-order valence-electron chi connectivity index (χ3n) is 6.54. The molecule has 3 N–H and O–H groups in total. The monoisotopic (exact) mass is 486 g/mol. The van der Waals surface area contributed by atoms with E-state index in [1.807, 2.05) is 19.1 Å². The Labute approximate surface area is 201 Å². The van der Waals surface area contributed by atoms with Crippen LogP contribution in [0.2, 0.25) is 0 Å². The summed E-state index contributed by atoms with van der Waals surface area (Å²) in [6, 6.07) is 7.85. The van der Waals surface area contributed by atoms with Crippen molar-refractivity contribution in [2.24, 2.45) is 0 Å². The molecule has 0 unspecified atom stereocenters. The lowest BCUT2D eigenvalue weighted by Gasteiger charge is -2.15. The second kappa shape index (κ2) is 9.39. The van der Waals surface area contributed by atoms with Gasteiger partial charge in [-0.05, 0) is 50.3 Å². The lowest BCUT2D eigenvalue weighted by Crippen LogP contribution is -2.26. The number of carbonyl (C=O) groups excluding carboxylic acids is 1. The molecule has 186 valence electrons. The van der Waals surface area contributed by atoms with Gasteiger partial charge in [0.2, 0.25) is 0 Å². The number of aromatic nitrogens is 3. The van der Waals surface area contributed by atoms with Gasteiger partial charge in [0, 0.05) is 35.8 Å². The van der Waals surface area contributed by atoms with Gasteiger partial charge in [0.25, 0.3) is 5.91 Å². The van der Waals surface area contributed by atoms with Gasteiger partial charge in [-0.3, -0.25) is 4.79 Å². The molecule has 0 atom stereocenters. The molecule has 5 rings (SSSR count). The van der Waals surface area contributed by atoms with E-state index in [0.29, 0.717) is 34.5 Å². The van der Waals surface area contributed by atoms with Crippen LogP contribution in [0.3, 0.4) is 0 Å². The van der Waals surface area contributed by atoms with Crippen molar-refractivity contribution in [3.63, 3.8) is 0 Å². The molecule has 0 radical (unpaired) electrons. The Balaban J connectivity index is 1.44. The van der Waals surface area contributed by atoms with Crippen molar-refractivity contribution in [1.82, 2.24) is 19.9 Å². The Kier molecular flexibility index (Phi) is 6.29. The molecule has 10 heteroatoms. The Morgan fingerprint density at radius 3 is 2.57 bits per heavy atom. The van der Waals surface area contributed by atoms with Crippen molar-refractivity contribution < 1.29 is 18.0 Å². The fourth-order valence-electron chi connectivity index (χ4n) is 4.50. The van der Waals surface area contributed by atoms with Gasteiger partial charge in [0.05, 0.1) is 24.0 Å². The molecule has 2 fully saturated rings. The van der Waals surface area contributed by atoms with Crippen molar-refractivity contribution in [3.05, 3.63) is 41.6 Å². The smallest absolute Gasteiger partial charge is 0.382 e. The Morgan fingerprint density at radius 1 is 1.11 bits per heavy atom. The number of nitrogens with one attached hydrogen (secondary N) is 3. The number of aryl methyl sites for hydroxylation is 1. The van der Waals surface area contributed by atoms with E-state index >= 15 is 0 Å². The molecule has 0 saturated heterocycles. The highest BCUT2D eigenvalue weighted by molar-refractivity contribution is 5.96. The van der Waals surface area contributed by atoms with Crippen LogP contribution < -0.4 is 16.0 Å². The summed E-state index contributed by atoms with van der Waals surface area (Å²) in [4.78, 5) is 17.1. The largest absolute Gasteiger partial charge is 0.390 e. The second-order valence-corrected chi connectivity index (χ2v) is 9.53. The first kappa shape index (κ1) is 23.4. The van der Waals surface area contributed by atoms with Crippen LogP contribution in [0.5, 0.6) is 0 Å². The van der Waals surface area contributed by atoms with Crippen molar-refractivity contribution in [2.75, 3.05) is 17.2 Å². The maximum Gasteiger partial charge on any atom is 0.390 e. The molecule has 35 heavy (non-hydrogen) atoms. The highest BCUT2D eigenvalue weighted by Gasteiger charge is 2.27. The van der Waals surface area contributed by atoms with Crippen molar-refractivity contribution in [3.8, 4) is 11.3 Å². The molecule has 2 heterocycles. The summed E-state index contributed by atoms with van der Waals surface area (Å²) in [6.45, 7) is 1.63. The van der Waals surface area contributed by atoms with Gasteiger partial charge in [0.15, 0.2) is 5.65 Å². The molecule has 7 nitrogen and oxygen atoms in total. The number of amides is 1. The lowest BCUT2D eigenvalue weighted by atomic mass is 10.0. The Morgan fingerprint density at radius 2 is 1.89 bits per heavy atom. The number of alkyl halides is 3. The summed E-state index contributed by atoms with van der Waals surface area (Å²) in [5.41, 5.74) is 3.84. The summed E-state index contributed by atoms with van der Waals surface area (Å²) in [5.74, 6) is 0.526. The number of rotatable bonds is 8. The van der Waals surface area contributed by atoms with E-state index in [4.69, 9.17) is 0 Å². The number of carbonyl (C=O) groups is 1.